The lowest BCUT2D eigenvalue weighted by Gasteiger charge is -2.20. The molecule has 2 aromatic rings. The molecule has 7 nitrogen and oxygen atoms in total. The maximum absolute atomic E-state index is 12.6. The number of hydrogen-bond donors (Lipinski definition) is 2. The van der Waals surface area contributed by atoms with Crippen LogP contribution in [0.4, 0.5) is 0 Å². The second-order valence-corrected chi connectivity index (χ2v) is 7.41. The first kappa shape index (κ1) is 23.9. The van der Waals surface area contributed by atoms with E-state index in [1.807, 2.05) is 32.0 Å². The van der Waals surface area contributed by atoms with Crippen LogP contribution in [0.5, 0.6) is 11.5 Å². The smallest absolute Gasteiger partial charge is 0.262 e. The Morgan fingerprint density at radius 1 is 1.10 bits per heavy atom. The number of nitrogens with zero attached hydrogens (tertiary/aromatic N) is 1. The summed E-state index contributed by atoms with van der Waals surface area (Å²) in [7, 11) is 1.58. The molecule has 2 amide bonds. The summed E-state index contributed by atoms with van der Waals surface area (Å²) in [4.78, 5) is 25.0. The highest BCUT2D eigenvalue weighted by molar-refractivity contribution is 5.97. The molecule has 31 heavy (non-hydrogen) atoms. The van der Waals surface area contributed by atoms with E-state index in [1.165, 1.54) is 6.21 Å². The molecule has 166 valence electrons. The van der Waals surface area contributed by atoms with Crippen molar-refractivity contribution < 1.29 is 19.1 Å². The predicted octanol–water partition coefficient (Wildman–Crippen LogP) is 3.78. The van der Waals surface area contributed by atoms with Crippen LogP contribution in [0.15, 0.2) is 53.6 Å². The Morgan fingerprint density at radius 3 is 2.48 bits per heavy atom. The van der Waals surface area contributed by atoms with Crippen LogP contribution < -0.4 is 20.2 Å². The van der Waals surface area contributed by atoms with E-state index in [9.17, 15) is 9.59 Å². The molecule has 0 saturated carbocycles. The monoisotopic (exact) mass is 425 g/mol. The van der Waals surface area contributed by atoms with Gasteiger partial charge in [-0.2, -0.15) is 5.10 Å². The van der Waals surface area contributed by atoms with E-state index in [0.717, 1.165) is 18.4 Å². The minimum absolute atomic E-state index is 0.109. The molecule has 0 aliphatic carbocycles. The molecule has 0 fully saturated rings. The van der Waals surface area contributed by atoms with Crippen molar-refractivity contribution >= 4 is 18.0 Å². The van der Waals surface area contributed by atoms with Crippen LogP contribution in [0.2, 0.25) is 0 Å². The molecule has 0 spiro atoms. The summed E-state index contributed by atoms with van der Waals surface area (Å²) in [6.45, 7) is 6.45. The van der Waals surface area contributed by atoms with Crippen LogP contribution in [0.3, 0.4) is 0 Å². The highest BCUT2D eigenvalue weighted by atomic mass is 16.5. The van der Waals surface area contributed by atoms with Crippen LogP contribution in [0, 0.1) is 5.92 Å². The number of rotatable bonds is 11. The van der Waals surface area contributed by atoms with Gasteiger partial charge >= 0.3 is 0 Å². The molecule has 0 bridgehead atoms. The third-order valence-electron chi connectivity index (χ3n) is 4.60. The van der Waals surface area contributed by atoms with Crippen LogP contribution >= 0.6 is 0 Å². The van der Waals surface area contributed by atoms with E-state index >= 15 is 0 Å². The average Bonchev–Trinajstić information content (AvgIpc) is 2.78. The second-order valence-electron chi connectivity index (χ2n) is 7.41. The largest absolute Gasteiger partial charge is 0.493 e. The second kappa shape index (κ2) is 12.4. The Hall–Kier alpha value is -3.35. The topological polar surface area (TPSA) is 89.0 Å². The number of hydrazone groups is 1. The number of benzene rings is 2. The number of amides is 2. The summed E-state index contributed by atoms with van der Waals surface area (Å²) < 4.78 is 11.1. The number of carbonyl (C=O) groups is 2. The zero-order valence-electron chi connectivity index (χ0n) is 18.6. The van der Waals surface area contributed by atoms with E-state index in [4.69, 9.17) is 9.47 Å². The first-order valence-electron chi connectivity index (χ1n) is 10.5. The van der Waals surface area contributed by atoms with Gasteiger partial charge in [-0.25, -0.2) is 5.43 Å². The lowest BCUT2D eigenvalue weighted by Crippen LogP contribution is -2.48. The third-order valence-corrected chi connectivity index (χ3v) is 4.60. The highest BCUT2D eigenvalue weighted by Crippen LogP contribution is 2.27. The fourth-order valence-corrected chi connectivity index (χ4v) is 2.80. The first-order chi connectivity index (χ1) is 15.0. The fraction of sp³-hybridized carbons (Fsp3) is 0.375. The van der Waals surface area contributed by atoms with Crippen molar-refractivity contribution in [1.29, 1.82) is 0 Å². The highest BCUT2D eigenvalue weighted by Gasteiger charge is 2.24. The Labute approximate surface area is 183 Å². The van der Waals surface area contributed by atoms with Gasteiger partial charge in [0.05, 0.1) is 19.9 Å². The summed E-state index contributed by atoms with van der Waals surface area (Å²) >= 11 is 0. The molecule has 0 aromatic heterocycles. The maximum Gasteiger partial charge on any atom is 0.262 e. The van der Waals surface area contributed by atoms with Crippen molar-refractivity contribution in [3.8, 4) is 11.5 Å². The molecule has 1 unspecified atom stereocenters. The molecule has 0 aliphatic heterocycles. The van der Waals surface area contributed by atoms with Gasteiger partial charge < -0.3 is 14.8 Å². The normalized spacial score (nSPS) is 11.9. The summed E-state index contributed by atoms with van der Waals surface area (Å²) in [5.74, 6) is 0.466. The van der Waals surface area contributed by atoms with Crippen molar-refractivity contribution in [1.82, 2.24) is 10.7 Å². The molecule has 2 rings (SSSR count). The molecule has 7 heteroatoms. The van der Waals surface area contributed by atoms with Gasteiger partial charge in [-0.05, 0) is 48.2 Å². The third kappa shape index (κ3) is 7.44. The number of carbonyl (C=O) groups excluding carboxylic acids is 2. The molecule has 0 heterocycles. The fourth-order valence-electron chi connectivity index (χ4n) is 2.80. The number of methoxy groups -OCH3 is 1. The van der Waals surface area contributed by atoms with Gasteiger partial charge in [-0.1, -0.05) is 45.4 Å². The molecule has 2 aromatic carbocycles. The van der Waals surface area contributed by atoms with Gasteiger partial charge in [-0.3, -0.25) is 9.59 Å². The maximum atomic E-state index is 12.6. The van der Waals surface area contributed by atoms with Crippen LogP contribution in [-0.2, 0) is 4.79 Å². The molecule has 0 saturated heterocycles. The van der Waals surface area contributed by atoms with Crippen molar-refractivity contribution in [2.75, 3.05) is 13.7 Å². The van der Waals surface area contributed by atoms with Crippen molar-refractivity contribution in [2.45, 2.75) is 39.7 Å². The van der Waals surface area contributed by atoms with Crippen LogP contribution in [0.1, 0.15) is 49.5 Å². The van der Waals surface area contributed by atoms with Gasteiger partial charge in [0.25, 0.3) is 11.8 Å². The zero-order valence-corrected chi connectivity index (χ0v) is 18.6. The van der Waals surface area contributed by atoms with E-state index < -0.39 is 6.04 Å². The SMILES string of the molecule is CCCCOc1ccc(/C=N/NC(=O)C(NC(=O)c2ccccc2)C(C)C)cc1OC. The summed E-state index contributed by atoms with van der Waals surface area (Å²) in [6.07, 6.45) is 3.54. The van der Waals surface area contributed by atoms with Gasteiger partial charge in [0.15, 0.2) is 11.5 Å². The quantitative estimate of drug-likeness (QED) is 0.326. The molecule has 0 radical (unpaired) electrons. The molecule has 2 N–H and O–H groups in total. The zero-order chi connectivity index (χ0) is 22.6. The minimum Gasteiger partial charge on any atom is -0.493 e. The van der Waals surface area contributed by atoms with Gasteiger partial charge in [0.1, 0.15) is 6.04 Å². The molecular weight excluding hydrogens is 394 g/mol. The first-order valence-corrected chi connectivity index (χ1v) is 10.5. The van der Waals surface area contributed by atoms with E-state index in [1.54, 1.807) is 37.4 Å². The predicted molar refractivity (Wildman–Crippen MR) is 122 cm³/mol. The number of unbranched alkanes of at least 4 members (excludes halogenated alkanes) is 1. The van der Waals surface area contributed by atoms with Gasteiger partial charge in [-0.15, -0.1) is 0 Å². The molecule has 1 atom stereocenters. The van der Waals surface area contributed by atoms with Crippen LogP contribution in [-0.4, -0.2) is 37.8 Å². The summed E-state index contributed by atoms with van der Waals surface area (Å²) in [5, 5.41) is 6.80. The van der Waals surface area contributed by atoms with E-state index in [-0.39, 0.29) is 17.7 Å². The Kier molecular flexibility index (Phi) is 9.55. The minimum atomic E-state index is -0.714. The summed E-state index contributed by atoms with van der Waals surface area (Å²) in [5.41, 5.74) is 3.75. The molecular formula is C24H31N3O4. The van der Waals surface area contributed by atoms with Crippen molar-refractivity contribution in [3.63, 3.8) is 0 Å². The lowest BCUT2D eigenvalue weighted by molar-refractivity contribution is -0.123. The number of hydrogen-bond acceptors (Lipinski definition) is 5. The van der Waals surface area contributed by atoms with E-state index in [2.05, 4.69) is 22.8 Å². The van der Waals surface area contributed by atoms with E-state index in [0.29, 0.717) is 23.7 Å². The Balaban J connectivity index is 1.99. The number of ether oxygens (including phenoxy) is 2. The van der Waals surface area contributed by atoms with Gasteiger partial charge in [0, 0.05) is 5.56 Å². The number of nitrogens with one attached hydrogen (secondary N) is 2. The van der Waals surface area contributed by atoms with Crippen molar-refractivity contribution in [2.24, 2.45) is 11.0 Å². The Bertz CT molecular complexity index is 882. The van der Waals surface area contributed by atoms with Crippen molar-refractivity contribution in [3.05, 3.63) is 59.7 Å². The standard InChI is InChI=1S/C24H31N3O4/c1-5-6-14-31-20-13-12-18(15-21(20)30-4)16-25-27-24(29)22(17(2)3)26-23(28)19-10-8-7-9-11-19/h7-13,15-17,22H,5-6,14H2,1-4H3,(H,26,28)(H,27,29)/b25-16+. The Morgan fingerprint density at radius 2 is 1.84 bits per heavy atom. The van der Waals surface area contributed by atoms with Gasteiger partial charge in [0.2, 0.25) is 0 Å². The summed E-state index contributed by atoms with van der Waals surface area (Å²) in [6, 6.07) is 13.5. The lowest BCUT2D eigenvalue weighted by atomic mass is 10.0. The average molecular weight is 426 g/mol. The molecule has 0 aliphatic rings. The van der Waals surface area contributed by atoms with Crippen LogP contribution in [0.25, 0.3) is 0 Å².